The summed E-state index contributed by atoms with van der Waals surface area (Å²) in [4.78, 5) is 0. The van der Waals surface area contributed by atoms with E-state index in [4.69, 9.17) is 26.3 Å². The number of allylic oxidation sites excluding steroid dienone is 1. The fourth-order valence-corrected chi connectivity index (χ4v) is 1.46. The van der Waals surface area contributed by atoms with Gasteiger partial charge in [-0.3, -0.25) is 0 Å². The standard InChI is InChI=1S/C11H10ClNO2/c1-14-9-6-5-8(4-3-7-13)10(12)11(9)15-2/h3-6H,1-2H3. The van der Waals surface area contributed by atoms with E-state index in [1.165, 1.54) is 13.2 Å². The number of nitriles is 1. The van der Waals surface area contributed by atoms with Crippen LogP contribution in [0.5, 0.6) is 11.5 Å². The van der Waals surface area contributed by atoms with Gasteiger partial charge in [0.2, 0.25) is 0 Å². The van der Waals surface area contributed by atoms with E-state index in [0.29, 0.717) is 16.5 Å². The van der Waals surface area contributed by atoms with Gasteiger partial charge in [-0.15, -0.1) is 0 Å². The summed E-state index contributed by atoms with van der Waals surface area (Å²) in [6, 6.07) is 5.40. The van der Waals surface area contributed by atoms with E-state index in [1.807, 2.05) is 6.07 Å². The maximum Gasteiger partial charge on any atom is 0.179 e. The second-order valence-electron chi connectivity index (χ2n) is 2.67. The normalized spacial score (nSPS) is 10.0. The van der Waals surface area contributed by atoms with E-state index >= 15 is 0 Å². The fourth-order valence-electron chi connectivity index (χ4n) is 1.16. The SMILES string of the molecule is COc1ccc(C=CC#N)c(Cl)c1OC. The summed E-state index contributed by atoms with van der Waals surface area (Å²) >= 11 is 6.06. The van der Waals surface area contributed by atoms with Gasteiger partial charge in [0, 0.05) is 6.08 Å². The molecule has 1 rings (SSSR count). The molecule has 3 nitrogen and oxygen atoms in total. The Morgan fingerprint density at radius 1 is 1.33 bits per heavy atom. The molecular weight excluding hydrogens is 214 g/mol. The zero-order valence-corrected chi connectivity index (χ0v) is 9.21. The number of ether oxygens (including phenoxy) is 2. The molecule has 0 radical (unpaired) electrons. The molecule has 0 amide bonds. The molecule has 4 heteroatoms. The van der Waals surface area contributed by atoms with E-state index in [1.54, 1.807) is 25.3 Å². The molecule has 0 atom stereocenters. The van der Waals surface area contributed by atoms with Gasteiger partial charge in [-0.05, 0) is 23.8 Å². The Morgan fingerprint density at radius 3 is 2.60 bits per heavy atom. The number of hydrogen-bond donors (Lipinski definition) is 0. The van der Waals surface area contributed by atoms with Gasteiger partial charge in [0.25, 0.3) is 0 Å². The van der Waals surface area contributed by atoms with Crippen molar-refractivity contribution in [2.45, 2.75) is 0 Å². The predicted octanol–water partition coefficient (Wildman–Crippen LogP) is 2.89. The molecule has 1 aromatic carbocycles. The zero-order valence-electron chi connectivity index (χ0n) is 8.45. The Balaban J connectivity index is 3.24. The van der Waals surface area contributed by atoms with Gasteiger partial charge < -0.3 is 9.47 Å². The van der Waals surface area contributed by atoms with Crippen molar-refractivity contribution in [3.05, 3.63) is 28.8 Å². The van der Waals surface area contributed by atoms with Gasteiger partial charge in [0.05, 0.1) is 25.3 Å². The summed E-state index contributed by atoms with van der Waals surface area (Å²) in [7, 11) is 3.06. The smallest absolute Gasteiger partial charge is 0.179 e. The average molecular weight is 224 g/mol. The van der Waals surface area contributed by atoms with Crippen molar-refractivity contribution in [2.75, 3.05) is 14.2 Å². The molecule has 0 saturated carbocycles. The summed E-state index contributed by atoms with van der Waals surface area (Å²) in [5, 5.41) is 8.84. The highest BCUT2D eigenvalue weighted by atomic mass is 35.5. The van der Waals surface area contributed by atoms with Crippen LogP contribution in [0.3, 0.4) is 0 Å². The van der Waals surface area contributed by atoms with Crippen LogP contribution in [-0.4, -0.2) is 14.2 Å². The lowest BCUT2D eigenvalue weighted by molar-refractivity contribution is 0.355. The van der Waals surface area contributed by atoms with Crippen molar-refractivity contribution in [1.82, 2.24) is 0 Å². The number of halogens is 1. The molecule has 0 aromatic heterocycles. The van der Waals surface area contributed by atoms with Gasteiger partial charge in [-0.2, -0.15) is 5.26 Å². The van der Waals surface area contributed by atoms with E-state index < -0.39 is 0 Å². The third-order valence-corrected chi connectivity index (χ3v) is 2.24. The Bertz CT molecular complexity index is 421. The van der Waals surface area contributed by atoms with Crippen LogP contribution in [0.25, 0.3) is 6.08 Å². The molecule has 0 aliphatic heterocycles. The Labute approximate surface area is 93.5 Å². The highest BCUT2D eigenvalue weighted by molar-refractivity contribution is 6.33. The minimum Gasteiger partial charge on any atom is -0.493 e. The summed E-state index contributed by atoms with van der Waals surface area (Å²) < 4.78 is 10.2. The number of methoxy groups -OCH3 is 2. The predicted molar refractivity (Wildman–Crippen MR) is 59.2 cm³/mol. The Morgan fingerprint density at radius 2 is 2.07 bits per heavy atom. The number of hydrogen-bond acceptors (Lipinski definition) is 3. The average Bonchev–Trinajstić information content (AvgIpc) is 2.27. The molecule has 0 bridgehead atoms. The molecule has 1 aromatic rings. The monoisotopic (exact) mass is 223 g/mol. The number of rotatable bonds is 3. The highest BCUT2D eigenvalue weighted by Gasteiger charge is 2.10. The highest BCUT2D eigenvalue weighted by Crippen LogP contribution is 2.37. The first-order chi connectivity index (χ1) is 7.24. The van der Waals surface area contributed by atoms with E-state index in [0.717, 1.165) is 5.56 Å². The van der Waals surface area contributed by atoms with Gasteiger partial charge in [0.15, 0.2) is 11.5 Å². The van der Waals surface area contributed by atoms with Crippen molar-refractivity contribution in [3.63, 3.8) is 0 Å². The Hall–Kier alpha value is -1.66. The molecule has 0 aliphatic rings. The molecule has 0 aliphatic carbocycles. The molecule has 0 spiro atoms. The minimum atomic E-state index is 0.434. The lowest BCUT2D eigenvalue weighted by atomic mass is 10.2. The second kappa shape index (κ2) is 5.28. The van der Waals surface area contributed by atoms with Crippen molar-refractivity contribution in [3.8, 4) is 17.6 Å². The first kappa shape index (κ1) is 11.4. The van der Waals surface area contributed by atoms with Crippen LogP contribution >= 0.6 is 11.6 Å². The Kier molecular flexibility index (Phi) is 4.02. The van der Waals surface area contributed by atoms with Gasteiger partial charge in [-0.1, -0.05) is 11.6 Å². The lowest BCUT2D eigenvalue weighted by Gasteiger charge is -2.10. The van der Waals surface area contributed by atoms with Crippen LogP contribution in [-0.2, 0) is 0 Å². The first-order valence-corrected chi connectivity index (χ1v) is 4.59. The maximum atomic E-state index is 8.41. The molecule has 0 N–H and O–H groups in total. The van der Waals surface area contributed by atoms with Crippen molar-refractivity contribution in [2.24, 2.45) is 0 Å². The van der Waals surface area contributed by atoms with Crippen LogP contribution in [0.1, 0.15) is 5.56 Å². The molecule has 78 valence electrons. The van der Waals surface area contributed by atoms with Crippen LogP contribution < -0.4 is 9.47 Å². The van der Waals surface area contributed by atoms with Gasteiger partial charge in [0.1, 0.15) is 0 Å². The van der Waals surface area contributed by atoms with Crippen LogP contribution in [0.2, 0.25) is 5.02 Å². The quantitative estimate of drug-likeness (QED) is 0.740. The van der Waals surface area contributed by atoms with E-state index in [9.17, 15) is 0 Å². The molecule has 0 unspecified atom stereocenters. The fraction of sp³-hybridized carbons (Fsp3) is 0.182. The largest absolute Gasteiger partial charge is 0.493 e. The van der Waals surface area contributed by atoms with Gasteiger partial charge in [-0.25, -0.2) is 0 Å². The van der Waals surface area contributed by atoms with Gasteiger partial charge >= 0.3 is 0 Å². The number of benzene rings is 1. The van der Waals surface area contributed by atoms with Crippen molar-refractivity contribution in [1.29, 1.82) is 5.26 Å². The summed E-state index contributed by atoms with van der Waals surface area (Å²) in [6.45, 7) is 0. The van der Waals surface area contributed by atoms with Crippen molar-refractivity contribution < 1.29 is 9.47 Å². The summed E-state index contributed by atoms with van der Waals surface area (Å²) in [6.07, 6.45) is 2.97. The van der Waals surface area contributed by atoms with E-state index in [2.05, 4.69) is 0 Å². The third-order valence-electron chi connectivity index (χ3n) is 1.85. The van der Waals surface area contributed by atoms with Crippen LogP contribution in [0.4, 0.5) is 0 Å². The molecular formula is C11H10ClNO2. The maximum absolute atomic E-state index is 8.41. The number of nitrogens with zero attached hydrogens (tertiary/aromatic N) is 1. The van der Waals surface area contributed by atoms with Crippen molar-refractivity contribution >= 4 is 17.7 Å². The lowest BCUT2D eigenvalue weighted by Crippen LogP contribution is -1.92. The minimum absolute atomic E-state index is 0.434. The van der Waals surface area contributed by atoms with Crippen LogP contribution in [0, 0.1) is 11.3 Å². The molecule has 0 saturated heterocycles. The van der Waals surface area contributed by atoms with Crippen LogP contribution in [0.15, 0.2) is 18.2 Å². The third kappa shape index (κ3) is 2.42. The summed E-state index contributed by atoms with van der Waals surface area (Å²) in [5.74, 6) is 1.04. The zero-order chi connectivity index (χ0) is 11.3. The van der Waals surface area contributed by atoms with E-state index in [-0.39, 0.29) is 0 Å². The topological polar surface area (TPSA) is 42.2 Å². The summed E-state index contributed by atoms with van der Waals surface area (Å²) in [5.41, 5.74) is 0.718. The molecule has 15 heavy (non-hydrogen) atoms. The molecule has 0 fully saturated rings. The first-order valence-electron chi connectivity index (χ1n) is 4.21. The second-order valence-corrected chi connectivity index (χ2v) is 3.04. The molecule has 0 heterocycles.